The minimum Gasteiger partial charge on any atom is -0.428 e. The lowest BCUT2D eigenvalue weighted by Crippen LogP contribution is -2.08. The molecule has 4 nitrogen and oxygen atoms in total. The monoisotopic (exact) mass is 401 g/mol. The van der Waals surface area contributed by atoms with Gasteiger partial charge in [-0.05, 0) is 35.9 Å². The van der Waals surface area contributed by atoms with Crippen LogP contribution in [-0.4, -0.2) is 13.4 Å². The first-order valence-electron chi connectivity index (χ1n) is 7.26. The Kier molecular flexibility index (Phi) is 4.81. The quantitative estimate of drug-likeness (QED) is 0.618. The second-order valence-corrected chi connectivity index (χ2v) is 7.76. The third-order valence-electron chi connectivity index (χ3n) is 3.49. The molecule has 2 aromatic carbocycles. The first-order valence-corrected chi connectivity index (χ1v) is 9.29. The molecule has 3 aromatic rings. The SMILES string of the molecule is O=S(=O)(Cc1cccc(C(F)(F)F)c1)c1ncc(-c2ccc(Cl)cc2)o1. The Morgan fingerprint density at radius 2 is 1.77 bits per heavy atom. The van der Waals surface area contributed by atoms with Crippen molar-refractivity contribution in [1.29, 1.82) is 0 Å². The van der Waals surface area contributed by atoms with Crippen LogP contribution in [0, 0.1) is 0 Å². The number of halogens is 4. The summed E-state index contributed by atoms with van der Waals surface area (Å²) in [6.45, 7) is 0. The van der Waals surface area contributed by atoms with E-state index in [1.54, 1.807) is 24.3 Å². The highest BCUT2D eigenvalue weighted by molar-refractivity contribution is 7.90. The van der Waals surface area contributed by atoms with Crippen LogP contribution in [0.15, 0.2) is 64.4 Å². The van der Waals surface area contributed by atoms with Crippen molar-refractivity contribution in [1.82, 2.24) is 4.98 Å². The number of benzene rings is 2. The summed E-state index contributed by atoms with van der Waals surface area (Å²) in [5, 5.41) is -0.0504. The van der Waals surface area contributed by atoms with E-state index in [4.69, 9.17) is 16.0 Å². The molecule has 0 fully saturated rings. The lowest BCUT2D eigenvalue weighted by Gasteiger charge is -2.08. The van der Waals surface area contributed by atoms with Gasteiger partial charge in [-0.3, -0.25) is 0 Å². The molecule has 0 saturated carbocycles. The molecule has 1 aromatic heterocycles. The van der Waals surface area contributed by atoms with Gasteiger partial charge in [0, 0.05) is 10.6 Å². The van der Waals surface area contributed by atoms with Crippen molar-refractivity contribution in [2.45, 2.75) is 17.2 Å². The van der Waals surface area contributed by atoms with Gasteiger partial charge in [-0.1, -0.05) is 29.8 Å². The molecule has 3 rings (SSSR count). The van der Waals surface area contributed by atoms with E-state index in [0.29, 0.717) is 10.6 Å². The van der Waals surface area contributed by atoms with Crippen LogP contribution in [0.3, 0.4) is 0 Å². The molecule has 136 valence electrons. The summed E-state index contributed by atoms with van der Waals surface area (Å²) in [4.78, 5) is 3.74. The zero-order valence-electron chi connectivity index (χ0n) is 13.0. The highest BCUT2D eigenvalue weighted by atomic mass is 35.5. The van der Waals surface area contributed by atoms with Gasteiger partial charge in [-0.2, -0.15) is 13.2 Å². The molecular weight excluding hydrogens is 391 g/mol. The number of hydrogen-bond donors (Lipinski definition) is 0. The Bertz CT molecular complexity index is 1030. The van der Waals surface area contributed by atoms with Gasteiger partial charge < -0.3 is 4.42 Å². The fraction of sp³-hybridized carbons (Fsp3) is 0.118. The summed E-state index contributed by atoms with van der Waals surface area (Å²) in [7, 11) is -4.04. The average Bonchev–Trinajstić information content (AvgIpc) is 3.05. The molecule has 9 heteroatoms. The maximum atomic E-state index is 12.8. The molecule has 0 saturated heterocycles. The summed E-state index contributed by atoms with van der Waals surface area (Å²) in [5.41, 5.74) is -0.354. The Labute approximate surface area is 152 Å². The summed E-state index contributed by atoms with van der Waals surface area (Å²) < 4.78 is 68.3. The molecule has 0 bridgehead atoms. The van der Waals surface area contributed by atoms with Crippen LogP contribution in [0.5, 0.6) is 0 Å². The zero-order valence-corrected chi connectivity index (χ0v) is 14.6. The third-order valence-corrected chi connectivity index (χ3v) is 5.18. The Balaban J connectivity index is 1.86. The van der Waals surface area contributed by atoms with Crippen molar-refractivity contribution >= 4 is 21.4 Å². The van der Waals surface area contributed by atoms with Crippen molar-refractivity contribution in [3.63, 3.8) is 0 Å². The van der Waals surface area contributed by atoms with Crippen LogP contribution >= 0.6 is 11.6 Å². The predicted molar refractivity (Wildman–Crippen MR) is 89.3 cm³/mol. The Morgan fingerprint density at radius 1 is 1.08 bits per heavy atom. The second kappa shape index (κ2) is 6.77. The fourth-order valence-corrected chi connectivity index (χ4v) is 3.57. The van der Waals surface area contributed by atoms with Crippen LogP contribution in [0.1, 0.15) is 11.1 Å². The van der Waals surface area contributed by atoms with Gasteiger partial charge in [-0.25, -0.2) is 13.4 Å². The van der Waals surface area contributed by atoms with E-state index >= 15 is 0 Å². The van der Waals surface area contributed by atoms with Crippen molar-refractivity contribution in [2.75, 3.05) is 0 Å². The van der Waals surface area contributed by atoms with Gasteiger partial charge in [0.15, 0.2) is 5.76 Å². The van der Waals surface area contributed by atoms with Crippen molar-refractivity contribution in [2.24, 2.45) is 0 Å². The Morgan fingerprint density at radius 3 is 2.42 bits per heavy atom. The zero-order chi connectivity index (χ0) is 18.9. The summed E-state index contributed by atoms with van der Waals surface area (Å²) in [6, 6.07) is 10.6. The van der Waals surface area contributed by atoms with E-state index in [1.807, 2.05) is 0 Å². The second-order valence-electron chi connectivity index (χ2n) is 5.45. The van der Waals surface area contributed by atoms with Crippen molar-refractivity contribution < 1.29 is 26.0 Å². The van der Waals surface area contributed by atoms with Gasteiger partial charge in [0.2, 0.25) is 9.84 Å². The van der Waals surface area contributed by atoms with Crippen LogP contribution < -0.4 is 0 Å². The molecule has 26 heavy (non-hydrogen) atoms. The molecule has 0 aliphatic heterocycles. The van der Waals surface area contributed by atoms with Crippen LogP contribution in [0.2, 0.25) is 5.02 Å². The number of oxazole rings is 1. The molecule has 1 heterocycles. The average molecular weight is 402 g/mol. The summed E-state index contributed by atoms with van der Waals surface area (Å²) in [5.74, 6) is -0.443. The minimum absolute atomic E-state index is 0.00827. The maximum absolute atomic E-state index is 12.8. The number of hydrogen-bond acceptors (Lipinski definition) is 4. The van der Waals surface area contributed by atoms with Gasteiger partial charge in [-0.15, -0.1) is 0 Å². The first-order chi connectivity index (χ1) is 12.1. The van der Waals surface area contributed by atoms with Crippen LogP contribution in [0.4, 0.5) is 13.2 Å². The number of rotatable bonds is 4. The number of alkyl halides is 3. The smallest absolute Gasteiger partial charge is 0.416 e. The van der Waals surface area contributed by atoms with Gasteiger partial charge in [0.05, 0.1) is 17.5 Å². The fourth-order valence-electron chi connectivity index (χ4n) is 2.27. The Hall–Kier alpha value is -2.32. The first kappa shape index (κ1) is 18.5. The van der Waals surface area contributed by atoms with Crippen molar-refractivity contribution in [3.8, 4) is 11.3 Å². The molecule has 0 radical (unpaired) electrons. The van der Waals surface area contributed by atoms with Gasteiger partial charge >= 0.3 is 11.4 Å². The van der Waals surface area contributed by atoms with Crippen LogP contribution in [-0.2, 0) is 21.8 Å². The molecule has 0 aliphatic carbocycles. The van der Waals surface area contributed by atoms with Crippen LogP contribution in [0.25, 0.3) is 11.3 Å². The normalized spacial score (nSPS) is 12.3. The summed E-state index contributed by atoms with van der Waals surface area (Å²) >= 11 is 5.79. The maximum Gasteiger partial charge on any atom is 0.416 e. The number of aromatic nitrogens is 1. The molecule has 0 unspecified atom stereocenters. The minimum atomic E-state index is -4.55. The van der Waals surface area contributed by atoms with Gasteiger partial charge in [0.1, 0.15) is 0 Å². The molecule has 0 aliphatic rings. The highest BCUT2D eigenvalue weighted by Gasteiger charge is 2.31. The number of nitrogens with zero attached hydrogens (tertiary/aromatic N) is 1. The third kappa shape index (κ3) is 4.08. The van der Waals surface area contributed by atoms with E-state index in [1.165, 1.54) is 12.3 Å². The summed E-state index contributed by atoms with van der Waals surface area (Å²) in [6.07, 6.45) is -3.31. The molecule has 0 spiro atoms. The number of sulfone groups is 1. The van der Waals surface area contributed by atoms with Crippen molar-refractivity contribution in [3.05, 3.63) is 70.9 Å². The predicted octanol–water partition coefficient (Wildman–Crippen LogP) is 4.99. The lowest BCUT2D eigenvalue weighted by atomic mass is 10.1. The van der Waals surface area contributed by atoms with Gasteiger partial charge in [0.25, 0.3) is 0 Å². The molecular formula is C17H11ClF3NO3S. The van der Waals surface area contributed by atoms with E-state index in [9.17, 15) is 21.6 Å². The molecule has 0 amide bonds. The topological polar surface area (TPSA) is 60.2 Å². The largest absolute Gasteiger partial charge is 0.428 e. The molecule has 0 atom stereocenters. The highest BCUT2D eigenvalue weighted by Crippen LogP contribution is 2.30. The van der Waals surface area contributed by atoms with E-state index in [2.05, 4.69) is 4.98 Å². The molecule has 0 N–H and O–H groups in total. The van der Waals surface area contributed by atoms with E-state index in [0.717, 1.165) is 18.2 Å². The lowest BCUT2D eigenvalue weighted by molar-refractivity contribution is -0.137. The van der Waals surface area contributed by atoms with E-state index in [-0.39, 0.29) is 11.3 Å². The van der Waals surface area contributed by atoms with E-state index < -0.39 is 32.6 Å². The standard InChI is InChI=1S/C17H11ClF3NO3S/c18-14-6-4-12(5-7-14)15-9-22-16(25-15)26(23,24)10-11-2-1-3-13(8-11)17(19,20)21/h1-9H,10H2.